The van der Waals surface area contributed by atoms with Crippen molar-refractivity contribution < 1.29 is 25.9 Å². The largest absolute Gasteiger partial charge is 0.294 e. The molecule has 0 aliphatic rings. The maximum absolute atomic E-state index is 11.5. The SMILES string of the molecule is C/N=N\c1sc(N(c2ccc(S(=O)(=O)O)cc2)c2ccc(S(=O)(=O)O)cc2)nc1-c1ccccc1. The van der Waals surface area contributed by atoms with Crippen LogP contribution < -0.4 is 4.90 Å². The number of nitrogens with zero attached hydrogens (tertiary/aromatic N) is 4. The van der Waals surface area contributed by atoms with E-state index in [9.17, 15) is 25.9 Å². The first-order valence-electron chi connectivity index (χ1n) is 9.89. The van der Waals surface area contributed by atoms with E-state index >= 15 is 0 Å². The van der Waals surface area contributed by atoms with Gasteiger partial charge in [0, 0.05) is 24.0 Å². The molecule has 0 unspecified atom stereocenters. The molecule has 13 heteroatoms. The molecule has 0 radical (unpaired) electrons. The highest BCUT2D eigenvalue weighted by molar-refractivity contribution is 7.86. The highest BCUT2D eigenvalue weighted by Gasteiger charge is 2.22. The third-order valence-corrected chi connectivity index (χ3v) is 7.47. The molecule has 0 saturated carbocycles. The molecular weight excluding hydrogens is 512 g/mol. The van der Waals surface area contributed by atoms with E-state index in [1.54, 1.807) is 4.90 Å². The molecule has 0 fully saturated rings. The lowest BCUT2D eigenvalue weighted by atomic mass is 10.2. The van der Waals surface area contributed by atoms with Gasteiger partial charge >= 0.3 is 0 Å². The predicted octanol–water partition coefficient (Wildman–Crippen LogP) is 5.49. The van der Waals surface area contributed by atoms with E-state index in [4.69, 9.17) is 4.98 Å². The number of anilines is 3. The normalized spacial score (nSPS) is 12.2. The van der Waals surface area contributed by atoms with Crippen LogP contribution in [0.25, 0.3) is 11.3 Å². The zero-order valence-corrected chi connectivity index (χ0v) is 20.5. The lowest BCUT2D eigenvalue weighted by Crippen LogP contribution is -2.10. The van der Waals surface area contributed by atoms with E-state index in [-0.39, 0.29) is 9.79 Å². The first kappa shape index (κ1) is 24.6. The molecular formula is C22H18N4O6S3. The van der Waals surface area contributed by atoms with Crippen LogP contribution in [0.15, 0.2) is 98.9 Å². The van der Waals surface area contributed by atoms with Crippen LogP contribution in [-0.4, -0.2) is 38.0 Å². The molecule has 0 aliphatic carbocycles. The van der Waals surface area contributed by atoms with Gasteiger partial charge in [0.2, 0.25) is 0 Å². The molecule has 0 bridgehead atoms. The number of aromatic nitrogens is 1. The lowest BCUT2D eigenvalue weighted by Gasteiger charge is -2.22. The van der Waals surface area contributed by atoms with Gasteiger partial charge < -0.3 is 0 Å². The molecule has 0 atom stereocenters. The van der Waals surface area contributed by atoms with Gasteiger partial charge in [0.25, 0.3) is 20.2 Å². The number of benzene rings is 3. The molecule has 35 heavy (non-hydrogen) atoms. The second-order valence-electron chi connectivity index (χ2n) is 7.09. The fraction of sp³-hybridized carbons (Fsp3) is 0.0455. The summed E-state index contributed by atoms with van der Waals surface area (Å²) in [6.45, 7) is 0. The second-order valence-corrected chi connectivity index (χ2v) is 10.9. The molecule has 0 aliphatic heterocycles. The van der Waals surface area contributed by atoms with Crippen LogP contribution in [0, 0.1) is 0 Å². The molecule has 0 spiro atoms. The third kappa shape index (κ3) is 5.44. The van der Waals surface area contributed by atoms with Crippen molar-refractivity contribution >= 4 is 53.1 Å². The minimum Gasteiger partial charge on any atom is -0.286 e. The van der Waals surface area contributed by atoms with Crippen molar-refractivity contribution in [2.45, 2.75) is 9.79 Å². The Morgan fingerprint density at radius 3 is 1.69 bits per heavy atom. The zero-order chi connectivity index (χ0) is 25.2. The van der Waals surface area contributed by atoms with Crippen molar-refractivity contribution in [3.05, 3.63) is 78.9 Å². The average molecular weight is 531 g/mol. The lowest BCUT2D eigenvalue weighted by molar-refractivity contribution is 0.481. The summed E-state index contributed by atoms with van der Waals surface area (Å²) >= 11 is 1.22. The quantitative estimate of drug-likeness (QED) is 0.235. The summed E-state index contributed by atoms with van der Waals surface area (Å²) in [4.78, 5) is 5.84. The Balaban J connectivity index is 1.90. The van der Waals surface area contributed by atoms with Crippen molar-refractivity contribution in [2.24, 2.45) is 10.2 Å². The molecule has 10 nitrogen and oxygen atoms in total. The Kier molecular flexibility index (Phi) is 6.78. The monoisotopic (exact) mass is 530 g/mol. The van der Waals surface area contributed by atoms with E-state index in [0.29, 0.717) is 27.2 Å². The summed E-state index contributed by atoms with van der Waals surface area (Å²) < 4.78 is 64.6. The topological polar surface area (TPSA) is 150 Å². The number of azo groups is 1. The number of hydrogen-bond donors (Lipinski definition) is 2. The van der Waals surface area contributed by atoms with Gasteiger partial charge in [-0.2, -0.15) is 21.9 Å². The van der Waals surface area contributed by atoms with Crippen LogP contribution in [-0.2, 0) is 20.2 Å². The van der Waals surface area contributed by atoms with E-state index in [0.717, 1.165) is 5.56 Å². The first-order chi connectivity index (χ1) is 16.6. The molecule has 3 aromatic carbocycles. The predicted molar refractivity (Wildman–Crippen MR) is 132 cm³/mol. The summed E-state index contributed by atoms with van der Waals surface area (Å²) in [5.74, 6) is 0. The van der Waals surface area contributed by atoms with Gasteiger partial charge in [-0.05, 0) is 48.5 Å². The fourth-order valence-corrected chi connectivity index (χ4v) is 5.20. The molecule has 4 aromatic rings. The summed E-state index contributed by atoms with van der Waals surface area (Å²) in [5.41, 5.74) is 2.34. The van der Waals surface area contributed by atoms with E-state index in [1.807, 2.05) is 30.3 Å². The Morgan fingerprint density at radius 2 is 1.26 bits per heavy atom. The van der Waals surface area contributed by atoms with Gasteiger partial charge in [-0.1, -0.05) is 41.7 Å². The average Bonchev–Trinajstić information content (AvgIpc) is 3.23. The highest BCUT2D eigenvalue weighted by atomic mass is 32.2. The van der Waals surface area contributed by atoms with Crippen LogP contribution in [0.5, 0.6) is 0 Å². The van der Waals surface area contributed by atoms with E-state index in [1.165, 1.54) is 66.9 Å². The van der Waals surface area contributed by atoms with Gasteiger partial charge in [0.05, 0.1) is 9.79 Å². The molecule has 0 amide bonds. The van der Waals surface area contributed by atoms with Crippen LogP contribution in [0.4, 0.5) is 21.5 Å². The molecule has 4 rings (SSSR count). The van der Waals surface area contributed by atoms with Crippen molar-refractivity contribution in [2.75, 3.05) is 11.9 Å². The van der Waals surface area contributed by atoms with E-state index in [2.05, 4.69) is 10.2 Å². The summed E-state index contributed by atoms with van der Waals surface area (Å²) in [7, 11) is -7.26. The Morgan fingerprint density at radius 1 is 0.771 bits per heavy atom. The Labute approximate surface area is 205 Å². The van der Waals surface area contributed by atoms with Crippen molar-refractivity contribution in [3.8, 4) is 11.3 Å². The van der Waals surface area contributed by atoms with Crippen molar-refractivity contribution in [1.29, 1.82) is 0 Å². The molecule has 0 saturated heterocycles. The van der Waals surface area contributed by atoms with E-state index < -0.39 is 20.2 Å². The van der Waals surface area contributed by atoms with Crippen LogP contribution >= 0.6 is 11.3 Å². The van der Waals surface area contributed by atoms with Gasteiger partial charge in [-0.25, -0.2) is 4.98 Å². The second kappa shape index (κ2) is 9.64. The maximum Gasteiger partial charge on any atom is 0.294 e. The number of rotatable bonds is 7. The Bertz CT molecular complexity index is 1510. The maximum atomic E-state index is 11.5. The minimum atomic E-state index is -4.40. The smallest absolute Gasteiger partial charge is 0.286 e. The highest BCUT2D eigenvalue weighted by Crippen LogP contribution is 2.45. The summed E-state index contributed by atoms with van der Waals surface area (Å²) in [5, 5.41) is 9.04. The van der Waals surface area contributed by atoms with Crippen LogP contribution in [0.1, 0.15) is 0 Å². The van der Waals surface area contributed by atoms with Crippen molar-refractivity contribution in [3.63, 3.8) is 0 Å². The molecule has 1 heterocycles. The molecule has 1 aromatic heterocycles. The summed E-state index contributed by atoms with van der Waals surface area (Å²) in [6.07, 6.45) is 0. The van der Waals surface area contributed by atoms with Gasteiger partial charge in [-0.15, -0.1) is 5.11 Å². The minimum absolute atomic E-state index is 0.285. The van der Waals surface area contributed by atoms with Gasteiger partial charge in [-0.3, -0.25) is 14.0 Å². The van der Waals surface area contributed by atoms with Crippen molar-refractivity contribution in [1.82, 2.24) is 4.98 Å². The summed E-state index contributed by atoms with van der Waals surface area (Å²) in [6, 6.07) is 20.2. The fourth-order valence-electron chi connectivity index (χ4n) is 3.24. The first-order valence-corrected chi connectivity index (χ1v) is 13.6. The van der Waals surface area contributed by atoms with Crippen LogP contribution in [0.2, 0.25) is 0 Å². The zero-order valence-electron chi connectivity index (χ0n) is 18.0. The number of hydrogen-bond acceptors (Lipinski definition) is 9. The standard InChI is InChI=1S/C22H18N4O6S3/c1-23-25-21-20(15-5-3-2-4-6-15)24-22(33-21)26(16-7-11-18(12-8-16)34(27,28)29)17-9-13-19(14-10-17)35(30,31)32/h2-14H,1H3,(H,27,28,29)(H,30,31,32)/b25-23-. The van der Waals surface area contributed by atoms with Crippen LogP contribution in [0.3, 0.4) is 0 Å². The number of thiazole rings is 1. The van der Waals surface area contributed by atoms with Gasteiger partial charge in [0.15, 0.2) is 10.1 Å². The molecule has 2 N–H and O–H groups in total. The molecule has 180 valence electrons. The van der Waals surface area contributed by atoms with Gasteiger partial charge in [0.1, 0.15) is 5.69 Å². The third-order valence-electron chi connectivity index (χ3n) is 4.81. The Hall–Kier alpha value is -3.49.